The summed E-state index contributed by atoms with van der Waals surface area (Å²) in [4.78, 5) is 0. The van der Waals surface area contributed by atoms with Crippen LogP contribution in [0.5, 0.6) is 0 Å². The van der Waals surface area contributed by atoms with Crippen molar-refractivity contribution in [1.29, 1.82) is 0 Å². The molecular weight excluding hydrogens is 80.9 g/mol. The van der Waals surface area contributed by atoms with Crippen LogP contribution < -0.4 is 5.14 Å². The van der Waals surface area contributed by atoms with Gasteiger partial charge < -0.3 is 0 Å². The molecule has 29 valence electrons. The van der Waals surface area contributed by atoms with Crippen molar-refractivity contribution in [2.75, 3.05) is 5.65 Å². The lowest BCUT2D eigenvalue weighted by atomic mass is 9.87. The van der Waals surface area contributed by atoms with E-state index in [2.05, 4.69) is 0 Å². The first-order valence-corrected chi connectivity index (χ1v) is 2.56. The Balaban J connectivity index is 2.19. The number of nitrogens with two attached hydrogens (primary N) is 1. The summed E-state index contributed by atoms with van der Waals surface area (Å²) >= 11 is 1.35. The lowest BCUT2D eigenvalue weighted by molar-refractivity contribution is 1.95. The summed E-state index contributed by atoms with van der Waals surface area (Å²) in [7, 11) is 2.02. The largest absolute Gasteiger partial charge is 0.278 e. The third-order valence-electron chi connectivity index (χ3n) is 0.263. The maximum atomic E-state index is 5.02. The van der Waals surface area contributed by atoms with Gasteiger partial charge in [-0.2, -0.15) is 0 Å². The first kappa shape index (κ1) is 5.37. The summed E-state index contributed by atoms with van der Waals surface area (Å²) in [6, 6.07) is 0. The summed E-state index contributed by atoms with van der Waals surface area (Å²) in [6.07, 6.45) is 0. The molecule has 0 fully saturated rings. The second-order valence-corrected chi connectivity index (χ2v) is 1.41. The molecule has 0 rings (SSSR count). The number of hydrogen-bond acceptors (Lipinski definition) is 2. The highest BCUT2D eigenvalue weighted by atomic mass is 32.2. The predicted octanol–water partition coefficient (Wildman–Crippen LogP) is 0.303. The van der Waals surface area contributed by atoms with Crippen molar-refractivity contribution in [3.63, 3.8) is 0 Å². The van der Waals surface area contributed by atoms with Crippen LogP contribution in [0, 0.1) is 0 Å². The van der Waals surface area contributed by atoms with Crippen LogP contribution >= 0.6 is 11.9 Å². The van der Waals surface area contributed by atoms with E-state index < -0.39 is 0 Å². The predicted molar refractivity (Wildman–Crippen MR) is 28.3 cm³/mol. The Morgan fingerprint density at radius 1 is 2.00 bits per heavy atom. The summed E-state index contributed by atoms with van der Waals surface area (Å²) < 4.78 is 0. The standard InChI is InChI=1S/C2H7BNS/c1-3-2-5-4/h2,4H2,1H3. The minimum atomic E-state index is 0.958. The lowest BCUT2D eigenvalue weighted by Gasteiger charge is -1.78. The Labute approximate surface area is 37.7 Å². The monoisotopic (exact) mass is 88.0 g/mol. The minimum Gasteiger partial charge on any atom is -0.278 e. The lowest BCUT2D eigenvalue weighted by Crippen LogP contribution is -1.89. The normalized spacial score (nSPS) is 7.60. The minimum absolute atomic E-state index is 0.958. The van der Waals surface area contributed by atoms with Crippen LogP contribution in [0.4, 0.5) is 0 Å². The van der Waals surface area contributed by atoms with E-state index in [9.17, 15) is 0 Å². The third kappa shape index (κ3) is 4.37. The zero-order valence-electron chi connectivity index (χ0n) is 3.27. The van der Waals surface area contributed by atoms with Gasteiger partial charge in [0.15, 0.2) is 0 Å². The van der Waals surface area contributed by atoms with Crippen molar-refractivity contribution in [3.05, 3.63) is 0 Å². The van der Waals surface area contributed by atoms with Gasteiger partial charge in [-0.1, -0.05) is 18.8 Å². The molecule has 0 aliphatic carbocycles. The van der Waals surface area contributed by atoms with Crippen molar-refractivity contribution >= 4 is 19.2 Å². The van der Waals surface area contributed by atoms with Crippen molar-refractivity contribution in [1.82, 2.24) is 0 Å². The van der Waals surface area contributed by atoms with E-state index in [1.807, 2.05) is 14.1 Å². The van der Waals surface area contributed by atoms with Crippen LogP contribution in [-0.2, 0) is 0 Å². The van der Waals surface area contributed by atoms with Crippen LogP contribution in [0.3, 0.4) is 0 Å². The second-order valence-electron chi connectivity index (χ2n) is 0.742. The second kappa shape index (κ2) is 4.37. The molecule has 1 nitrogen and oxygen atoms in total. The van der Waals surface area contributed by atoms with Gasteiger partial charge in [0, 0.05) is 0 Å². The van der Waals surface area contributed by atoms with E-state index >= 15 is 0 Å². The van der Waals surface area contributed by atoms with Crippen molar-refractivity contribution in [3.8, 4) is 0 Å². The fraction of sp³-hybridized carbons (Fsp3) is 1.00. The first-order valence-electron chi connectivity index (χ1n) is 1.51. The van der Waals surface area contributed by atoms with Gasteiger partial charge in [-0.15, -0.1) is 0 Å². The molecule has 0 saturated heterocycles. The number of hydrogen-bond donors (Lipinski definition) is 1. The zero-order valence-corrected chi connectivity index (χ0v) is 4.09. The van der Waals surface area contributed by atoms with E-state index in [1.54, 1.807) is 0 Å². The Morgan fingerprint density at radius 2 is 2.60 bits per heavy atom. The van der Waals surface area contributed by atoms with E-state index in [-0.39, 0.29) is 0 Å². The molecule has 0 aromatic carbocycles. The van der Waals surface area contributed by atoms with Crippen molar-refractivity contribution in [2.45, 2.75) is 6.82 Å². The maximum absolute atomic E-state index is 5.02. The van der Waals surface area contributed by atoms with Crippen molar-refractivity contribution in [2.24, 2.45) is 5.14 Å². The molecule has 2 N–H and O–H groups in total. The van der Waals surface area contributed by atoms with Crippen molar-refractivity contribution < 1.29 is 0 Å². The molecule has 0 aliphatic heterocycles. The summed E-state index contributed by atoms with van der Waals surface area (Å²) in [5.41, 5.74) is 0.958. The van der Waals surface area contributed by atoms with Gasteiger partial charge in [0.05, 0.1) is 0 Å². The average Bonchev–Trinajstić information content (AvgIpc) is 1.41. The third-order valence-corrected chi connectivity index (χ3v) is 0.789. The molecule has 3 heteroatoms. The molecule has 0 spiro atoms. The van der Waals surface area contributed by atoms with Gasteiger partial charge >= 0.3 is 0 Å². The molecule has 0 unspecified atom stereocenters. The maximum Gasteiger partial charge on any atom is 0.121 e. The Bertz CT molecular complexity index is 17.1. The van der Waals surface area contributed by atoms with Crippen LogP contribution in [0.2, 0.25) is 6.82 Å². The quantitative estimate of drug-likeness (QED) is 0.388. The van der Waals surface area contributed by atoms with Gasteiger partial charge in [0.2, 0.25) is 0 Å². The van der Waals surface area contributed by atoms with Crippen LogP contribution in [0.25, 0.3) is 0 Å². The zero-order chi connectivity index (χ0) is 4.12. The molecule has 0 aliphatic rings. The SMILES string of the molecule is C[B]CSN. The smallest absolute Gasteiger partial charge is 0.121 e. The highest BCUT2D eigenvalue weighted by molar-refractivity contribution is 7.98. The fourth-order valence-corrected chi connectivity index (χ4v) is 0.289. The molecule has 0 amide bonds. The van der Waals surface area contributed by atoms with E-state index in [1.165, 1.54) is 11.9 Å². The van der Waals surface area contributed by atoms with Gasteiger partial charge in [0.1, 0.15) is 7.28 Å². The van der Waals surface area contributed by atoms with E-state index in [4.69, 9.17) is 5.14 Å². The van der Waals surface area contributed by atoms with E-state index in [0.29, 0.717) is 0 Å². The summed E-state index contributed by atoms with van der Waals surface area (Å²) in [6.45, 7) is 1.99. The molecule has 0 heterocycles. The molecule has 1 radical (unpaired) electrons. The van der Waals surface area contributed by atoms with Gasteiger partial charge in [-0.3, -0.25) is 5.14 Å². The molecular formula is C2H7BNS. The van der Waals surface area contributed by atoms with Gasteiger partial charge in [0.25, 0.3) is 0 Å². The van der Waals surface area contributed by atoms with Gasteiger partial charge in [-0.05, 0) is 5.65 Å². The molecule has 0 saturated carbocycles. The molecule has 0 atom stereocenters. The van der Waals surface area contributed by atoms with E-state index in [0.717, 1.165) is 5.65 Å². The highest BCUT2D eigenvalue weighted by Gasteiger charge is 1.71. The summed E-state index contributed by atoms with van der Waals surface area (Å²) in [5, 5.41) is 5.02. The molecule has 0 aromatic heterocycles. The van der Waals surface area contributed by atoms with Crippen LogP contribution in [0.15, 0.2) is 0 Å². The Hall–Kier alpha value is 0.375. The topological polar surface area (TPSA) is 26.0 Å². The Kier molecular flexibility index (Phi) is 4.70. The first-order chi connectivity index (χ1) is 2.41. The average molecular weight is 88.0 g/mol. The Morgan fingerprint density at radius 3 is 2.60 bits per heavy atom. The summed E-state index contributed by atoms with van der Waals surface area (Å²) in [5.74, 6) is 0. The fourth-order valence-electron chi connectivity index (χ4n) is 0.0962. The van der Waals surface area contributed by atoms with Gasteiger partial charge in [-0.25, -0.2) is 0 Å². The van der Waals surface area contributed by atoms with Crippen LogP contribution in [-0.4, -0.2) is 12.9 Å². The molecule has 0 aromatic rings. The molecule has 5 heavy (non-hydrogen) atoms. The molecule has 0 bridgehead atoms. The highest BCUT2D eigenvalue weighted by Crippen LogP contribution is 1.77. The number of rotatable bonds is 2. The van der Waals surface area contributed by atoms with Crippen LogP contribution in [0.1, 0.15) is 0 Å².